The van der Waals surface area contributed by atoms with Gasteiger partial charge in [0.2, 0.25) is 0 Å². The molecule has 20 heavy (non-hydrogen) atoms. The molecule has 0 spiro atoms. The Bertz CT molecular complexity index is 535. The molecule has 0 unspecified atom stereocenters. The number of aliphatic hydroxyl groups excluding tert-OH is 1. The van der Waals surface area contributed by atoms with Gasteiger partial charge in [0, 0.05) is 24.5 Å². The highest BCUT2D eigenvalue weighted by atomic mass is 16.3. The van der Waals surface area contributed by atoms with Crippen LogP contribution >= 0.6 is 0 Å². The largest absolute Gasteiger partial charge is 0.395 e. The molecule has 106 valence electrons. The molecule has 3 nitrogen and oxygen atoms in total. The van der Waals surface area contributed by atoms with Crippen LogP contribution in [0.15, 0.2) is 48.8 Å². The van der Waals surface area contributed by atoms with E-state index in [1.165, 1.54) is 11.1 Å². The Morgan fingerprint density at radius 1 is 1.10 bits per heavy atom. The van der Waals surface area contributed by atoms with Crippen molar-refractivity contribution in [2.75, 3.05) is 20.2 Å². The van der Waals surface area contributed by atoms with Crippen LogP contribution in [0.5, 0.6) is 0 Å². The van der Waals surface area contributed by atoms with Crippen LogP contribution in [-0.4, -0.2) is 35.2 Å². The molecule has 1 aromatic heterocycles. The van der Waals surface area contributed by atoms with Gasteiger partial charge in [0.1, 0.15) is 0 Å². The Balaban J connectivity index is 2.24. The second-order valence-electron chi connectivity index (χ2n) is 5.52. The number of pyridine rings is 1. The number of likely N-dealkylation sites (N-methyl/N-ethyl adjacent to an activating group) is 1. The Morgan fingerprint density at radius 2 is 1.80 bits per heavy atom. The first-order valence-electron chi connectivity index (χ1n) is 6.89. The number of hydrogen-bond acceptors (Lipinski definition) is 3. The predicted molar refractivity (Wildman–Crippen MR) is 82.4 cm³/mol. The van der Waals surface area contributed by atoms with Gasteiger partial charge in [0.05, 0.1) is 6.61 Å². The third-order valence-corrected chi connectivity index (χ3v) is 3.98. The summed E-state index contributed by atoms with van der Waals surface area (Å²) in [5.74, 6) is 0. The van der Waals surface area contributed by atoms with Crippen molar-refractivity contribution < 1.29 is 5.11 Å². The van der Waals surface area contributed by atoms with E-state index in [0.29, 0.717) is 6.54 Å². The minimum atomic E-state index is -0.101. The van der Waals surface area contributed by atoms with Gasteiger partial charge in [-0.1, -0.05) is 30.3 Å². The minimum absolute atomic E-state index is 0.101. The molecule has 0 aliphatic rings. The fourth-order valence-electron chi connectivity index (χ4n) is 2.25. The van der Waals surface area contributed by atoms with Crippen molar-refractivity contribution in [1.82, 2.24) is 9.88 Å². The highest BCUT2D eigenvalue weighted by molar-refractivity contribution is 5.62. The van der Waals surface area contributed by atoms with E-state index in [1.54, 1.807) is 6.20 Å². The maximum Gasteiger partial charge on any atom is 0.0558 e. The lowest BCUT2D eigenvalue weighted by molar-refractivity contribution is 0.122. The zero-order valence-corrected chi connectivity index (χ0v) is 12.4. The van der Waals surface area contributed by atoms with Crippen LogP contribution in [0.4, 0.5) is 0 Å². The molecule has 1 aromatic carbocycles. The van der Waals surface area contributed by atoms with Crippen molar-refractivity contribution in [2.24, 2.45) is 0 Å². The molecule has 1 N–H and O–H groups in total. The molecule has 0 atom stereocenters. The second-order valence-corrected chi connectivity index (χ2v) is 5.52. The first-order chi connectivity index (χ1) is 9.55. The maximum atomic E-state index is 9.09. The molecule has 2 rings (SSSR count). The van der Waals surface area contributed by atoms with Crippen molar-refractivity contribution in [3.8, 4) is 11.1 Å². The molecule has 2 aromatic rings. The van der Waals surface area contributed by atoms with Gasteiger partial charge >= 0.3 is 0 Å². The van der Waals surface area contributed by atoms with E-state index in [4.69, 9.17) is 5.11 Å². The lowest BCUT2D eigenvalue weighted by Gasteiger charge is -2.36. The van der Waals surface area contributed by atoms with E-state index < -0.39 is 0 Å². The summed E-state index contributed by atoms with van der Waals surface area (Å²) in [4.78, 5) is 6.31. The molecule has 0 fully saturated rings. The number of aliphatic hydroxyl groups is 1. The fourth-order valence-corrected chi connectivity index (χ4v) is 2.25. The van der Waals surface area contributed by atoms with Crippen molar-refractivity contribution in [2.45, 2.75) is 19.4 Å². The monoisotopic (exact) mass is 270 g/mol. The van der Waals surface area contributed by atoms with Crippen molar-refractivity contribution >= 4 is 0 Å². The lowest BCUT2D eigenvalue weighted by atomic mass is 9.91. The van der Waals surface area contributed by atoms with Gasteiger partial charge in [0.25, 0.3) is 0 Å². The van der Waals surface area contributed by atoms with Crippen LogP contribution in [-0.2, 0) is 5.54 Å². The van der Waals surface area contributed by atoms with E-state index in [1.807, 2.05) is 19.3 Å². The Kier molecular flexibility index (Phi) is 4.53. The number of hydrogen-bond donors (Lipinski definition) is 1. The summed E-state index contributed by atoms with van der Waals surface area (Å²) in [5.41, 5.74) is 3.43. The van der Waals surface area contributed by atoms with E-state index in [0.717, 1.165) is 5.56 Å². The smallest absolute Gasteiger partial charge is 0.0558 e. The topological polar surface area (TPSA) is 36.4 Å². The summed E-state index contributed by atoms with van der Waals surface area (Å²) in [6.07, 6.45) is 3.66. The first-order valence-corrected chi connectivity index (χ1v) is 6.89. The third-order valence-electron chi connectivity index (χ3n) is 3.98. The van der Waals surface area contributed by atoms with Gasteiger partial charge in [-0.25, -0.2) is 0 Å². The molecule has 0 saturated heterocycles. The summed E-state index contributed by atoms with van der Waals surface area (Å²) in [7, 11) is 2.03. The first kappa shape index (κ1) is 14.7. The van der Waals surface area contributed by atoms with Crippen LogP contribution < -0.4 is 0 Å². The molecule has 0 amide bonds. The number of aromatic nitrogens is 1. The van der Waals surface area contributed by atoms with Crippen LogP contribution in [0.3, 0.4) is 0 Å². The zero-order chi connectivity index (χ0) is 14.6. The molecular formula is C17H22N2O. The summed E-state index contributed by atoms with van der Waals surface area (Å²) in [5, 5.41) is 9.09. The molecule has 0 bridgehead atoms. The highest BCUT2D eigenvalue weighted by Crippen LogP contribution is 2.28. The summed E-state index contributed by atoms with van der Waals surface area (Å²) >= 11 is 0. The SMILES string of the molecule is CN(CCO)C(C)(C)c1ccc(-c2cccnc2)cc1. The summed E-state index contributed by atoms with van der Waals surface area (Å²) in [6, 6.07) is 12.6. The Labute approximate surface area is 120 Å². The summed E-state index contributed by atoms with van der Waals surface area (Å²) in [6.45, 7) is 5.18. The van der Waals surface area contributed by atoms with Crippen molar-refractivity contribution in [1.29, 1.82) is 0 Å². The van der Waals surface area contributed by atoms with Gasteiger partial charge < -0.3 is 5.11 Å². The second kappa shape index (κ2) is 6.16. The fraction of sp³-hybridized carbons (Fsp3) is 0.353. The molecule has 0 aliphatic heterocycles. The van der Waals surface area contributed by atoms with Gasteiger partial charge in [-0.3, -0.25) is 9.88 Å². The van der Waals surface area contributed by atoms with Crippen molar-refractivity contribution in [3.63, 3.8) is 0 Å². The van der Waals surface area contributed by atoms with Crippen LogP contribution in [0.2, 0.25) is 0 Å². The average molecular weight is 270 g/mol. The molecular weight excluding hydrogens is 248 g/mol. The number of benzene rings is 1. The lowest BCUT2D eigenvalue weighted by Crippen LogP contribution is -2.40. The normalized spacial score (nSPS) is 11.8. The van der Waals surface area contributed by atoms with E-state index in [9.17, 15) is 0 Å². The summed E-state index contributed by atoms with van der Waals surface area (Å²) < 4.78 is 0. The quantitative estimate of drug-likeness (QED) is 0.907. The minimum Gasteiger partial charge on any atom is -0.395 e. The third kappa shape index (κ3) is 3.06. The standard InChI is InChI=1S/C17H22N2O/c1-17(2,19(3)11-12-20)16-8-6-14(7-9-16)15-5-4-10-18-13-15/h4-10,13,20H,11-12H2,1-3H3. The van der Waals surface area contributed by atoms with Gasteiger partial charge in [-0.05, 0) is 43.7 Å². The molecule has 0 aliphatic carbocycles. The van der Waals surface area contributed by atoms with E-state index in [-0.39, 0.29) is 12.1 Å². The van der Waals surface area contributed by atoms with Crippen LogP contribution in [0.1, 0.15) is 19.4 Å². The van der Waals surface area contributed by atoms with Gasteiger partial charge in [-0.2, -0.15) is 0 Å². The van der Waals surface area contributed by atoms with Crippen molar-refractivity contribution in [3.05, 3.63) is 54.4 Å². The zero-order valence-electron chi connectivity index (χ0n) is 12.4. The number of nitrogens with zero attached hydrogens (tertiary/aromatic N) is 2. The Morgan fingerprint density at radius 3 is 2.35 bits per heavy atom. The highest BCUT2D eigenvalue weighted by Gasteiger charge is 2.25. The maximum absolute atomic E-state index is 9.09. The van der Waals surface area contributed by atoms with Crippen LogP contribution in [0.25, 0.3) is 11.1 Å². The van der Waals surface area contributed by atoms with Gasteiger partial charge in [0.15, 0.2) is 0 Å². The van der Waals surface area contributed by atoms with Crippen LogP contribution in [0, 0.1) is 0 Å². The number of rotatable bonds is 5. The van der Waals surface area contributed by atoms with E-state index in [2.05, 4.69) is 54.1 Å². The molecule has 1 heterocycles. The predicted octanol–water partition coefficient (Wildman–Crippen LogP) is 2.91. The molecule has 3 heteroatoms. The Hall–Kier alpha value is -1.71. The molecule has 0 radical (unpaired) electrons. The van der Waals surface area contributed by atoms with Gasteiger partial charge in [-0.15, -0.1) is 0 Å². The van der Waals surface area contributed by atoms with E-state index >= 15 is 0 Å². The average Bonchev–Trinajstić information content (AvgIpc) is 2.48. The molecule has 0 saturated carbocycles.